The number of halogens is 2. The number of aryl methyl sites for hydroxylation is 1. The van der Waals surface area contributed by atoms with Crippen molar-refractivity contribution in [3.8, 4) is 11.3 Å². The second-order valence-corrected chi connectivity index (χ2v) is 8.31. The first kappa shape index (κ1) is 20.6. The summed E-state index contributed by atoms with van der Waals surface area (Å²) in [6.07, 6.45) is 5.48. The molecule has 2 aromatic heterocycles. The van der Waals surface area contributed by atoms with Crippen LogP contribution in [0.1, 0.15) is 50.1 Å². The average molecular weight is 412 g/mol. The van der Waals surface area contributed by atoms with Crippen molar-refractivity contribution in [3.05, 3.63) is 48.2 Å². The molecule has 0 saturated heterocycles. The standard InChI is InChI=1S/C24H26F2N2O2/c1-15-27-14-23(30-15)18-7-8-19-13-28-21(11-20(19)10-18)12-22(29)17-5-2-16(3-6-17)4-9-24(25)26/h7-8,10-11,13-14,16-17,24H,2-6,9,12H2,1H3. The molecule has 0 radical (unpaired) electrons. The number of ketones is 1. The van der Waals surface area contributed by atoms with E-state index in [1.807, 2.05) is 31.2 Å². The van der Waals surface area contributed by atoms with E-state index < -0.39 is 6.43 Å². The highest BCUT2D eigenvalue weighted by Crippen LogP contribution is 2.33. The molecule has 3 aromatic rings. The Labute approximate surface area is 174 Å². The highest BCUT2D eigenvalue weighted by molar-refractivity contribution is 5.88. The molecule has 0 aliphatic heterocycles. The van der Waals surface area contributed by atoms with Crippen molar-refractivity contribution in [3.63, 3.8) is 0 Å². The van der Waals surface area contributed by atoms with Gasteiger partial charge in [-0.05, 0) is 55.5 Å². The molecule has 0 N–H and O–H groups in total. The lowest BCUT2D eigenvalue weighted by molar-refractivity contribution is -0.123. The maximum atomic E-state index is 12.8. The molecule has 0 spiro atoms. The van der Waals surface area contributed by atoms with Gasteiger partial charge in [-0.2, -0.15) is 0 Å². The van der Waals surface area contributed by atoms with Crippen LogP contribution in [0.15, 0.2) is 41.1 Å². The van der Waals surface area contributed by atoms with Gasteiger partial charge in [0.25, 0.3) is 0 Å². The Kier molecular flexibility index (Phi) is 6.21. The molecule has 0 amide bonds. The Morgan fingerprint density at radius 1 is 1.10 bits per heavy atom. The average Bonchev–Trinajstić information content (AvgIpc) is 3.18. The lowest BCUT2D eigenvalue weighted by Gasteiger charge is -2.27. The number of alkyl halides is 2. The molecule has 0 unspecified atom stereocenters. The number of hydrogen-bond acceptors (Lipinski definition) is 4. The summed E-state index contributed by atoms with van der Waals surface area (Å²) in [7, 11) is 0. The first-order valence-electron chi connectivity index (χ1n) is 10.6. The Morgan fingerprint density at radius 2 is 1.90 bits per heavy atom. The summed E-state index contributed by atoms with van der Waals surface area (Å²) in [6.45, 7) is 1.81. The molecule has 6 heteroatoms. The Morgan fingerprint density at radius 3 is 2.60 bits per heavy atom. The summed E-state index contributed by atoms with van der Waals surface area (Å²) in [6, 6.07) is 7.95. The predicted octanol–water partition coefficient (Wildman–Crippen LogP) is 6.16. The van der Waals surface area contributed by atoms with Crippen molar-refractivity contribution in [1.82, 2.24) is 9.97 Å². The van der Waals surface area contributed by atoms with Gasteiger partial charge in [-0.1, -0.05) is 12.1 Å². The number of fused-ring (bicyclic) bond motifs is 1. The Balaban J connectivity index is 1.40. The van der Waals surface area contributed by atoms with Gasteiger partial charge in [0.05, 0.1) is 6.20 Å². The molecule has 4 nitrogen and oxygen atoms in total. The van der Waals surface area contributed by atoms with Gasteiger partial charge in [0, 0.05) is 48.5 Å². The largest absolute Gasteiger partial charge is 0.441 e. The number of benzene rings is 1. The van der Waals surface area contributed by atoms with Crippen molar-refractivity contribution in [2.45, 2.75) is 58.3 Å². The molecule has 1 aliphatic carbocycles. The molecule has 1 aliphatic rings. The summed E-state index contributed by atoms with van der Waals surface area (Å²) in [4.78, 5) is 21.4. The molecular formula is C24H26F2N2O2. The number of carbonyl (C=O) groups is 1. The minimum Gasteiger partial charge on any atom is -0.441 e. The SMILES string of the molecule is Cc1ncc(-c2ccc3cnc(CC(=O)C4CCC(CCC(F)F)CC4)cc3c2)o1. The number of pyridine rings is 1. The molecule has 4 rings (SSSR count). The zero-order chi connectivity index (χ0) is 21.1. The van der Waals surface area contributed by atoms with Gasteiger partial charge in [-0.3, -0.25) is 9.78 Å². The maximum absolute atomic E-state index is 12.8. The van der Waals surface area contributed by atoms with Gasteiger partial charge < -0.3 is 4.42 Å². The van der Waals surface area contributed by atoms with Crippen LogP contribution in [0.2, 0.25) is 0 Å². The summed E-state index contributed by atoms with van der Waals surface area (Å²) in [5.74, 6) is 1.90. The predicted molar refractivity (Wildman–Crippen MR) is 111 cm³/mol. The minimum absolute atomic E-state index is 0.0220. The van der Waals surface area contributed by atoms with Crippen LogP contribution < -0.4 is 0 Å². The maximum Gasteiger partial charge on any atom is 0.238 e. The van der Waals surface area contributed by atoms with Gasteiger partial charge in [0.15, 0.2) is 11.7 Å². The van der Waals surface area contributed by atoms with Crippen molar-refractivity contribution in [2.75, 3.05) is 0 Å². The first-order valence-corrected chi connectivity index (χ1v) is 10.6. The summed E-state index contributed by atoms with van der Waals surface area (Å²) in [5, 5.41) is 2.01. The third-order valence-corrected chi connectivity index (χ3v) is 6.13. The molecule has 0 bridgehead atoms. The van der Waals surface area contributed by atoms with Crippen molar-refractivity contribution >= 4 is 16.6 Å². The van der Waals surface area contributed by atoms with Gasteiger partial charge >= 0.3 is 0 Å². The Bertz CT molecular complexity index is 1020. The van der Waals surface area contributed by atoms with E-state index in [0.717, 1.165) is 47.7 Å². The summed E-state index contributed by atoms with van der Waals surface area (Å²) >= 11 is 0. The van der Waals surface area contributed by atoms with Crippen LogP contribution in [0.25, 0.3) is 22.1 Å². The highest BCUT2D eigenvalue weighted by atomic mass is 19.3. The van der Waals surface area contributed by atoms with Gasteiger partial charge in [-0.25, -0.2) is 13.8 Å². The number of hydrogen-bond donors (Lipinski definition) is 0. The van der Waals surface area contributed by atoms with E-state index in [-0.39, 0.29) is 18.1 Å². The lowest BCUT2D eigenvalue weighted by atomic mass is 9.77. The van der Waals surface area contributed by atoms with E-state index in [2.05, 4.69) is 9.97 Å². The second kappa shape index (κ2) is 9.02. The normalized spacial score (nSPS) is 19.5. The fourth-order valence-electron chi connectivity index (χ4n) is 4.39. The number of Topliss-reactive ketones (excluding diaryl/α,β-unsaturated/α-hetero) is 1. The van der Waals surface area contributed by atoms with E-state index in [1.54, 1.807) is 12.4 Å². The lowest BCUT2D eigenvalue weighted by Crippen LogP contribution is -2.23. The number of oxazole rings is 1. The molecule has 2 heterocycles. The minimum atomic E-state index is -2.23. The van der Waals surface area contributed by atoms with Crippen molar-refractivity contribution < 1.29 is 18.0 Å². The van der Waals surface area contributed by atoms with Crippen LogP contribution in [0.5, 0.6) is 0 Å². The topological polar surface area (TPSA) is 56.0 Å². The van der Waals surface area contributed by atoms with E-state index in [0.29, 0.717) is 30.4 Å². The summed E-state index contributed by atoms with van der Waals surface area (Å²) in [5.41, 5.74) is 1.70. The molecule has 30 heavy (non-hydrogen) atoms. The van der Waals surface area contributed by atoms with E-state index in [9.17, 15) is 13.6 Å². The molecule has 1 aromatic carbocycles. The first-order chi connectivity index (χ1) is 14.5. The van der Waals surface area contributed by atoms with Crippen molar-refractivity contribution in [2.24, 2.45) is 11.8 Å². The third kappa shape index (κ3) is 4.91. The number of aromatic nitrogens is 2. The smallest absolute Gasteiger partial charge is 0.238 e. The van der Waals surface area contributed by atoms with E-state index >= 15 is 0 Å². The second-order valence-electron chi connectivity index (χ2n) is 8.31. The molecule has 0 atom stereocenters. The monoisotopic (exact) mass is 412 g/mol. The molecule has 1 saturated carbocycles. The highest BCUT2D eigenvalue weighted by Gasteiger charge is 2.26. The number of rotatable bonds is 7. The fraction of sp³-hybridized carbons (Fsp3) is 0.458. The molecular weight excluding hydrogens is 386 g/mol. The van der Waals surface area contributed by atoms with Gasteiger partial charge in [-0.15, -0.1) is 0 Å². The third-order valence-electron chi connectivity index (χ3n) is 6.13. The Hall–Kier alpha value is -2.63. The van der Waals surface area contributed by atoms with E-state index in [4.69, 9.17) is 4.42 Å². The van der Waals surface area contributed by atoms with Crippen LogP contribution in [-0.4, -0.2) is 22.2 Å². The van der Waals surface area contributed by atoms with Crippen LogP contribution in [0.4, 0.5) is 8.78 Å². The molecule has 1 fully saturated rings. The molecule has 158 valence electrons. The van der Waals surface area contributed by atoms with Gasteiger partial charge in [0.1, 0.15) is 5.78 Å². The van der Waals surface area contributed by atoms with Crippen molar-refractivity contribution in [1.29, 1.82) is 0 Å². The van der Waals surface area contributed by atoms with Gasteiger partial charge in [0.2, 0.25) is 6.43 Å². The van der Waals surface area contributed by atoms with E-state index in [1.165, 1.54) is 0 Å². The fourth-order valence-corrected chi connectivity index (χ4v) is 4.39. The summed E-state index contributed by atoms with van der Waals surface area (Å²) < 4.78 is 30.4. The van der Waals surface area contributed by atoms with Crippen LogP contribution in [0, 0.1) is 18.8 Å². The zero-order valence-corrected chi connectivity index (χ0v) is 17.1. The van der Waals surface area contributed by atoms with Crippen LogP contribution >= 0.6 is 0 Å². The quantitative estimate of drug-likeness (QED) is 0.466. The number of nitrogens with zero attached hydrogens (tertiary/aromatic N) is 2. The zero-order valence-electron chi connectivity index (χ0n) is 17.1. The van der Waals surface area contributed by atoms with Crippen LogP contribution in [-0.2, 0) is 11.2 Å². The number of carbonyl (C=O) groups excluding carboxylic acids is 1. The van der Waals surface area contributed by atoms with Crippen LogP contribution in [0.3, 0.4) is 0 Å².